The summed E-state index contributed by atoms with van der Waals surface area (Å²) in [7, 11) is 0. The summed E-state index contributed by atoms with van der Waals surface area (Å²) in [5, 5.41) is 11.7. The SMILES string of the molecule is C=C(C)COCCNCc1ccc(OCC#N)cc1. The van der Waals surface area contributed by atoms with Crippen LogP contribution in [0.5, 0.6) is 5.75 Å². The number of nitrogens with one attached hydrogen (secondary N) is 1. The summed E-state index contributed by atoms with van der Waals surface area (Å²) in [4.78, 5) is 0. The van der Waals surface area contributed by atoms with Gasteiger partial charge in [0.25, 0.3) is 0 Å². The van der Waals surface area contributed by atoms with Crippen LogP contribution in [-0.4, -0.2) is 26.4 Å². The molecule has 4 heteroatoms. The predicted octanol–water partition coefficient (Wildman–Crippen LogP) is 2.27. The molecule has 0 bridgehead atoms. The first-order valence-electron chi connectivity index (χ1n) is 6.24. The second kappa shape index (κ2) is 9.15. The number of hydrogen-bond acceptors (Lipinski definition) is 4. The van der Waals surface area contributed by atoms with Crippen LogP contribution in [0.4, 0.5) is 0 Å². The normalized spacial score (nSPS) is 9.89. The van der Waals surface area contributed by atoms with Gasteiger partial charge >= 0.3 is 0 Å². The Balaban J connectivity index is 2.16. The fourth-order valence-electron chi connectivity index (χ4n) is 1.44. The molecule has 0 fully saturated rings. The number of benzene rings is 1. The van der Waals surface area contributed by atoms with Gasteiger partial charge in [0.1, 0.15) is 11.8 Å². The molecule has 4 nitrogen and oxygen atoms in total. The molecule has 0 aliphatic carbocycles. The van der Waals surface area contributed by atoms with Crippen LogP contribution in [0, 0.1) is 11.3 Å². The Hall–Kier alpha value is -1.83. The Morgan fingerprint density at radius 2 is 2.11 bits per heavy atom. The van der Waals surface area contributed by atoms with Crippen molar-refractivity contribution in [2.45, 2.75) is 13.5 Å². The van der Waals surface area contributed by atoms with E-state index in [-0.39, 0.29) is 6.61 Å². The van der Waals surface area contributed by atoms with Gasteiger partial charge in [0.15, 0.2) is 6.61 Å². The standard InChI is InChI=1S/C15H20N2O2/c1-13(2)12-18-10-8-17-11-14-3-5-15(6-4-14)19-9-7-16/h3-6,17H,1,8-12H2,2H3. The summed E-state index contributed by atoms with van der Waals surface area (Å²) in [5.74, 6) is 0.718. The van der Waals surface area contributed by atoms with Crippen molar-refractivity contribution in [3.8, 4) is 11.8 Å². The molecule has 0 aromatic heterocycles. The van der Waals surface area contributed by atoms with Crippen LogP contribution in [0.1, 0.15) is 12.5 Å². The Bertz CT molecular complexity index is 421. The summed E-state index contributed by atoms with van der Waals surface area (Å²) >= 11 is 0. The number of ether oxygens (including phenoxy) is 2. The molecule has 1 aromatic rings. The van der Waals surface area contributed by atoms with Crippen molar-refractivity contribution in [1.29, 1.82) is 5.26 Å². The van der Waals surface area contributed by atoms with E-state index >= 15 is 0 Å². The first-order chi connectivity index (χ1) is 9.22. The van der Waals surface area contributed by atoms with Gasteiger partial charge in [-0.15, -0.1) is 0 Å². The van der Waals surface area contributed by atoms with Crippen molar-refractivity contribution in [2.75, 3.05) is 26.4 Å². The van der Waals surface area contributed by atoms with E-state index in [1.807, 2.05) is 37.3 Å². The first kappa shape index (κ1) is 15.2. The lowest BCUT2D eigenvalue weighted by Gasteiger charge is -2.07. The van der Waals surface area contributed by atoms with Crippen molar-refractivity contribution in [3.63, 3.8) is 0 Å². The Morgan fingerprint density at radius 1 is 1.37 bits per heavy atom. The summed E-state index contributed by atoms with van der Waals surface area (Å²) in [5.41, 5.74) is 2.21. The molecule has 0 saturated heterocycles. The minimum absolute atomic E-state index is 0.0810. The van der Waals surface area contributed by atoms with E-state index in [9.17, 15) is 0 Å². The molecule has 1 rings (SSSR count). The van der Waals surface area contributed by atoms with Gasteiger partial charge in [-0.25, -0.2) is 0 Å². The highest BCUT2D eigenvalue weighted by molar-refractivity contribution is 5.27. The maximum Gasteiger partial charge on any atom is 0.174 e. The average Bonchev–Trinajstić information content (AvgIpc) is 2.41. The molecule has 0 radical (unpaired) electrons. The molecule has 0 saturated carbocycles. The third-order valence-corrected chi connectivity index (χ3v) is 2.33. The second-order valence-electron chi connectivity index (χ2n) is 4.28. The van der Waals surface area contributed by atoms with Crippen molar-refractivity contribution in [3.05, 3.63) is 42.0 Å². The monoisotopic (exact) mass is 260 g/mol. The van der Waals surface area contributed by atoms with Crippen molar-refractivity contribution in [2.24, 2.45) is 0 Å². The van der Waals surface area contributed by atoms with Gasteiger partial charge in [-0.1, -0.05) is 24.3 Å². The van der Waals surface area contributed by atoms with Crippen LogP contribution in [0.25, 0.3) is 0 Å². The highest BCUT2D eigenvalue weighted by atomic mass is 16.5. The maximum atomic E-state index is 8.40. The van der Waals surface area contributed by atoms with E-state index in [0.717, 1.165) is 24.4 Å². The van der Waals surface area contributed by atoms with E-state index in [2.05, 4.69) is 11.9 Å². The van der Waals surface area contributed by atoms with Gasteiger partial charge in [-0.3, -0.25) is 0 Å². The minimum atomic E-state index is 0.0810. The smallest absolute Gasteiger partial charge is 0.174 e. The fraction of sp³-hybridized carbons (Fsp3) is 0.400. The fourth-order valence-corrected chi connectivity index (χ4v) is 1.44. The van der Waals surface area contributed by atoms with Crippen LogP contribution in [-0.2, 0) is 11.3 Å². The zero-order valence-electron chi connectivity index (χ0n) is 11.3. The van der Waals surface area contributed by atoms with E-state index in [0.29, 0.717) is 13.2 Å². The summed E-state index contributed by atoms with van der Waals surface area (Å²) < 4.78 is 10.6. The number of nitriles is 1. The summed E-state index contributed by atoms with van der Waals surface area (Å²) in [6, 6.07) is 9.63. The molecule has 102 valence electrons. The van der Waals surface area contributed by atoms with Gasteiger partial charge in [-0.2, -0.15) is 5.26 Å². The lowest BCUT2D eigenvalue weighted by molar-refractivity contribution is 0.158. The molecule has 19 heavy (non-hydrogen) atoms. The van der Waals surface area contributed by atoms with Crippen LogP contribution in [0.2, 0.25) is 0 Å². The van der Waals surface area contributed by atoms with Gasteiger partial charge in [0.2, 0.25) is 0 Å². The molecular formula is C15H20N2O2. The zero-order chi connectivity index (χ0) is 13.9. The number of nitrogens with zero attached hydrogens (tertiary/aromatic N) is 1. The Kier molecular flexibility index (Phi) is 7.33. The van der Waals surface area contributed by atoms with Crippen molar-refractivity contribution < 1.29 is 9.47 Å². The van der Waals surface area contributed by atoms with E-state index < -0.39 is 0 Å². The van der Waals surface area contributed by atoms with Crippen molar-refractivity contribution >= 4 is 0 Å². The largest absolute Gasteiger partial charge is 0.479 e. The molecule has 1 aromatic carbocycles. The van der Waals surface area contributed by atoms with Crippen molar-refractivity contribution in [1.82, 2.24) is 5.32 Å². The van der Waals surface area contributed by atoms with E-state index in [1.165, 1.54) is 5.56 Å². The molecule has 0 aliphatic heterocycles. The van der Waals surface area contributed by atoms with Crippen LogP contribution < -0.4 is 10.1 Å². The van der Waals surface area contributed by atoms with Gasteiger partial charge < -0.3 is 14.8 Å². The highest BCUT2D eigenvalue weighted by Crippen LogP contribution is 2.11. The molecule has 1 N–H and O–H groups in total. The molecule has 0 heterocycles. The van der Waals surface area contributed by atoms with Crippen LogP contribution in [0.15, 0.2) is 36.4 Å². The Labute approximate surface area is 114 Å². The molecule has 0 aliphatic rings. The highest BCUT2D eigenvalue weighted by Gasteiger charge is 1.95. The quantitative estimate of drug-likeness (QED) is 0.546. The summed E-state index contributed by atoms with van der Waals surface area (Å²) in [6.07, 6.45) is 0. The van der Waals surface area contributed by atoms with E-state index in [4.69, 9.17) is 14.7 Å². The number of hydrogen-bond donors (Lipinski definition) is 1. The molecular weight excluding hydrogens is 240 g/mol. The predicted molar refractivity (Wildman–Crippen MR) is 74.9 cm³/mol. The molecule has 0 spiro atoms. The lowest BCUT2D eigenvalue weighted by atomic mass is 10.2. The first-order valence-corrected chi connectivity index (χ1v) is 6.24. The molecule has 0 atom stereocenters. The topological polar surface area (TPSA) is 54.3 Å². The third kappa shape index (κ3) is 7.24. The zero-order valence-corrected chi connectivity index (χ0v) is 11.3. The van der Waals surface area contributed by atoms with Crippen LogP contribution >= 0.6 is 0 Å². The maximum absolute atomic E-state index is 8.40. The number of rotatable bonds is 9. The Morgan fingerprint density at radius 3 is 2.74 bits per heavy atom. The van der Waals surface area contributed by atoms with E-state index in [1.54, 1.807) is 0 Å². The molecule has 0 amide bonds. The van der Waals surface area contributed by atoms with Gasteiger partial charge in [0, 0.05) is 13.1 Å². The molecule has 0 unspecified atom stereocenters. The van der Waals surface area contributed by atoms with Gasteiger partial charge in [0.05, 0.1) is 13.2 Å². The third-order valence-electron chi connectivity index (χ3n) is 2.33. The van der Waals surface area contributed by atoms with Crippen LogP contribution in [0.3, 0.4) is 0 Å². The lowest BCUT2D eigenvalue weighted by Crippen LogP contribution is -2.19. The second-order valence-corrected chi connectivity index (χ2v) is 4.28. The average molecular weight is 260 g/mol. The minimum Gasteiger partial charge on any atom is -0.479 e. The van der Waals surface area contributed by atoms with Gasteiger partial charge in [-0.05, 0) is 24.6 Å². The summed E-state index contributed by atoms with van der Waals surface area (Å²) in [6.45, 7) is 8.69.